The number of carbonyl (C=O) groups excluding carboxylic acids is 1. The van der Waals surface area contributed by atoms with Gasteiger partial charge in [-0.1, -0.05) is 109 Å². The Kier molecular flexibility index (Phi) is 9.75. The Morgan fingerprint density at radius 1 is 0.735 bits per heavy atom. The van der Waals surface area contributed by atoms with E-state index in [9.17, 15) is 4.79 Å². The van der Waals surface area contributed by atoms with Gasteiger partial charge in [-0.15, -0.1) is 0 Å². The largest absolute Gasteiger partial charge is 0.473 e. The van der Waals surface area contributed by atoms with Gasteiger partial charge in [0.25, 0.3) is 0 Å². The maximum absolute atomic E-state index is 12.6. The molecule has 0 N–H and O–H groups in total. The van der Waals surface area contributed by atoms with Crippen LogP contribution in [0.15, 0.2) is 127 Å². The van der Waals surface area contributed by atoms with Crippen molar-refractivity contribution < 1.29 is 19.0 Å². The van der Waals surface area contributed by atoms with Gasteiger partial charge in [-0.3, -0.25) is 9.69 Å². The SMILES string of the molecule is Cc1nn(-c2ccc(OCc3ccccc3)nc2OCc2ccccc2)c2cccc(C3=CCN(CC(=O)OCc4ccccc4)CC3)c12. The van der Waals surface area contributed by atoms with Gasteiger partial charge in [0, 0.05) is 24.5 Å². The summed E-state index contributed by atoms with van der Waals surface area (Å²) < 4.78 is 19.9. The molecule has 0 aliphatic carbocycles. The molecule has 0 bridgehead atoms. The molecule has 0 saturated carbocycles. The van der Waals surface area contributed by atoms with E-state index in [1.807, 2.05) is 115 Å². The fraction of sp³-hybridized carbons (Fsp3) is 0.195. The van der Waals surface area contributed by atoms with E-state index in [0.29, 0.717) is 31.5 Å². The van der Waals surface area contributed by atoms with Crippen LogP contribution in [0.25, 0.3) is 22.2 Å². The topological polar surface area (TPSA) is 78.7 Å². The molecule has 0 amide bonds. The molecule has 0 fully saturated rings. The minimum absolute atomic E-state index is 0.213. The van der Waals surface area contributed by atoms with Crippen LogP contribution in [-0.2, 0) is 29.4 Å². The molecule has 4 aromatic carbocycles. The van der Waals surface area contributed by atoms with E-state index in [2.05, 4.69) is 29.2 Å². The van der Waals surface area contributed by atoms with Gasteiger partial charge in [0.15, 0.2) is 0 Å². The number of benzene rings is 4. The van der Waals surface area contributed by atoms with Gasteiger partial charge in [-0.25, -0.2) is 4.68 Å². The number of pyridine rings is 1. The van der Waals surface area contributed by atoms with Gasteiger partial charge in [0.05, 0.1) is 17.8 Å². The molecule has 1 aliphatic rings. The first-order valence-corrected chi connectivity index (χ1v) is 16.6. The van der Waals surface area contributed by atoms with Gasteiger partial charge < -0.3 is 14.2 Å². The zero-order chi connectivity index (χ0) is 33.4. The number of ether oxygens (including phenoxy) is 3. The number of fused-ring (bicyclic) bond motifs is 1. The Morgan fingerprint density at radius 2 is 1.39 bits per heavy atom. The first-order valence-electron chi connectivity index (χ1n) is 16.6. The summed E-state index contributed by atoms with van der Waals surface area (Å²) >= 11 is 0. The molecule has 2 aromatic heterocycles. The predicted octanol–water partition coefficient (Wildman–Crippen LogP) is 7.72. The minimum atomic E-state index is -0.213. The van der Waals surface area contributed by atoms with Gasteiger partial charge in [-0.05, 0) is 53.3 Å². The van der Waals surface area contributed by atoms with Gasteiger partial charge in [0.2, 0.25) is 11.8 Å². The Bertz CT molecular complexity index is 2060. The van der Waals surface area contributed by atoms with Gasteiger partial charge >= 0.3 is 5.97 Å². The second kappa shape index (κ2) is 15.0. The highest BCUT2D eigenvalue weighted by Gasteiger charge is 2.22. The number of carbonyl (C=O) groups is 1. The third-order valence-electron chi connectivity index (χ3n) is 8.61. The van der Waals surface area contributed by atoms with Gasteiger partial charge in [0.1, 0.15) is 25.5 Å². The first-order chi connectivity index (χ1) is 24.1. The molecule has 0 radical (unpaired) electrons. The average molecular weight is 651 g/mol. The van der Waals surface area contributed by atoms with E-state index in [1.54, 1.807) is 0 Å². The van der Waals surface area contributed by atoms with E-state index in [4.69, 9.17) is 24.3 Å². The molecule has 8 heteroatoms. The molecule has 0 saturated heterocycles. The summed E-state index contributed by atoms with van der Waals surface area (Å²) in [5.41, 5.74) is 8.08. The minimum Gasteiger partial charge on any atom is -0.473 e. The van der Waals surface area contributed by atoms with Gasteiger partial charge in [-0.2, -0.15) is 10.1 Å². The molecule has 8 nitrogen and oxygen atoms in total. The summed E-state index contributed by atoms with van der Waals surface area (Å²) in [4.78, 5) is 19.5. The van der Waals surface area contributed by atoms with Crippen molar-refractivity contribution >= 4 is 22.4 Å². The normalized spacial score (nSPS) is 13.2. The second-order valence-electron chi connectivity index (χ2n) is 12.1. The zero-order valence-electron chi connectivity index (χ0n) is 27.5. The van der Waals surface area contributed by atoms with Crippen molar-refractivity contribution in [3.8, 4) is 17.4 Å². The summed E-state index contributed by atoms with van der Waals surface area (Å²) in [6.45, 7) is 4.79. The standard InChI is InChI=1S/C41H38N4O4/c1-30-40-35(34-22-24-44(25-23-34)26-39(46)48-28-32-14-7-3-8-15-32)18-11-19-36(40)45(43-30)37-20-21-38(47-27-31-12-5-2-6-13-31)42-41(37)49-29-33-16-9-4-10-17-33/h2-22H,23-29H2,1H3. The summed E-state index contributed by atoms with van der Waals surface area (Å²) in [5, 5.41) is 6.10. The van der Waals surface area contributed by atoms with E-state index < -0.39 is 0 Å². The number of hydrogen-bond donors (Lipinski definition) is 0. The molecular weight excluding hydrogens is 612 g/mol. The monoisotopic (exact) mass is 650 g/mol. The maximum Gasteiger partial charge on any atom is 0.320 e. The van der Waals surface area contributed by atoms with Crippen molar-refractivity contribution in [1.29, 1.82) is 0 Å². The lowest BCUT2D eigenvalue weighted by Crippen LogP contribution is -2.34. The Morgan fingerprint density at radius 3 is 2.04 bits per heavy atom. The second-order valence-corrected chi connectivity index (χ2v) is 12.1. The Balaban J connectivity index is 1.12. The van der Waals surface area contributed by atoms with E-state index in [1.165, 1.54) is 5.57 Å². The van der Waals surface area contributed by atoms with Crippen LogP contribution in [0, 0.1) is 6.92 Å². The number of aromatic nitrogens is 3. The lowest BCUT2D eigenvalue weighted by Gasteiger charge is -2.26. The predicted molar refractivity (Wildman–Crippen MR) is 190 cm³/mol. The number of esters is 1. The zero-order valence-corrected chi connectivity index (χ0v) is 27.5. The van der Waals surface area contributed by atoms with E-state index in [-0.39, 0.29) is 19.1 Å². The number of nitrogens with zero attached hydrogens (tertiary/aromatic N) is 4. The molecule has 49 heavy (non-hydrogen) atoms. The quantitative estimate of drug-likeness (QED) is 0.126. The Labute approximate surface area is 286 Å². The fourth-order valence-electron chi connectivity index (χ4n) is 6.09. The molecule has 0 atom stereocenters. The smallest absolute Gasteiger partial charge is 0.320 e. The molecule has 7 rings (SSSR count). The fourth-order valence-corrected chi connectivity index (χ4v) is 6.09. The molecule has 1 aliphatic heterocycles. The summed E-state index contributed by atoms with van der Waals surface area (Å²) in [6.07, 6.45) is 3.03. The summed E-state index contributed by atoms with van der Waals surface area (Å²) in [6, 6.07) is 39.9. The molecule has 3 heterocycles. The van der Waals surface area contributed by atoms with E-state index >= 15 is 0 Å². The first kappa shape index (κ1) is 31.8. The van der Waals surface area contributed by atoms with Crippen LogP contribution in [0.2, 0.25) is 0 Å². The van der Waals surface area contributed by atoms with Crippen LogP contribution in [0.5, 0.6) is 11.8 Å². The van der Waals surface area contributed by atoms with Crippen molar-refractivity contribution in [1.82, 2.24) is 19.7 Å². The molecule has 0 unspecified atom stereocenters. The third-order valence-corrected chi connectivity index (χ3v) is 8.61. The van der Waals surface area contributed by atoms with Crippen molar-refractivity contribution in [2.75, 3.05) is 19.6 Å². The highest BCUT2D eigenvalue weighted by atomic mass is 16.5. The highest BCUT2D eigenvalue weighted by Crippen LogP contribution is 2.35. The summed E-state index contributed by atoms with van der Waals surface area (Å²) in [5.74, 6) is 0.705. The van der Waals surface area contributed by atoms with Crippen LogP contribution in [-0.4, -0.2) is 45.3 Å². The Hall–Kier alpha value is -5.73. The third kappa shape index (κ3) is 7.71. The lowest BCUT2D eigenvalue weighted by molar-refractivity contribution is -0.146. The van der Waals surface area contributed by atoms with Crippen LogP contribution in [0.4, 0.5) is 0 Å². The highest BCUT2D eigenvalue weighted by molar-refractivity contribution is 5.95. The number of rotatable bonds is 12. The van der Waals surface area contributed by atoms with Crippen LogP contribution in [0.1, 0.15) is 34.4 Å². The van der Waals surface area contributed by atoms with E-state index in [0.717, 1.165) is 57.5 Å². The van der Waals surface area contributed by atoms with Crippen molar-refractivity contribution in [3.05, 3.63) is 155 Å². The van der Waals surface area contributed by atoms with Crippen LogP contribution in [0.3, 0.4) is 0 Å². The summed E-state index contributed by atoms with van der Waals surface area (Å²) in [7, 11) is 0. The van der Waals surface area contributed by atoms with Crippen molar-refractivity contribution in [2.45, 2.75) is 33.2 Å². The number of hydrogen-bond acceptors (Lipinski definition) is 7. The van der Waals surface area contributed by atoms with Crippen LogP contribution >= 0.6 is 0 Å². The lowest BCUT2D eigenvalue weighted by atomic mass is 9.95. The van der Waals surface area contributed by atoms with Crippen LogP contribution < -0.4 is 9.47 Å². The average Bonchev–Trinajstić information content (AvgIpc) is 3.50. The van der Waals surface area contributed by atoms with Crippen molar-refractivity contribution in [2.24, 2.45) is 0 Å². The molecule has 0 spiro atoms. The maximum atomic E-state index is 12.6. The molecule has 246 valence electrons. The number of aryl methyl sites for hydroxylation is 1. The molecular formula is C41H38N4O4. The van der Waals surface area contributed by atoms with Crippen molar-refractivity contribution in [3.63, 3.8) is 0 Å². The molecule has 6 aromatic rings.